The van der Waals surface area contributed by atoms with Crippen LogP contribution in [0.3, 0.4) is 0 Å². The molecule has 5 nitrogen and oxygen atoms in total. The van der Waals surface area contributed by atoms with E-state index in [1.54, 1.807) is 5.48 Å². The Kier molecular flexibility index (Phi) is 2.52. The van der Waals surface area contributed by atoms with E-state index in [2.05, 4.69) is 9.97 Å². The maximum atomic E-state index is 11.3. The summed E-state index contributed by atoms with van der Waals surface area (Å²) in [6, 6.07) is 3.02. The van der Waals surface area contributed by atoms with Crippen LogP contribution in [0.4, 0.5) is 5.82 Å². The summed E-state index contributed by atoms with van der Waals surface area (Å²) in [4.78, 5) is 17.6. The molecule has 1 aromatic carbocycles. The maximum Gasteiger partial charge on any atom is 0.293 e. The van der Waals surface area contributed by atoms with Gasteiger partial charge in [-0.25, -0.2) is 10.5 Å². The van der Waals surface area contributed by atoms with Crippen LogP contribution in [0.2, 0.25) is 10.0 Å². The van der Waals surface area contributed by atoms with Crippen LogP contribution >= 0.6 is 23.2 Å². The van der Waals surface area contributed by atoms with Gasteiger partial charge in [-0.1, -0.05) is 23.2 Å². The molecular weight excluding hydrogens is 241 g/mol. The lowest BCUT2D eigenvalue weighted by atomic mass is 10.3. The van der Waals surface area contributed by atoms with Crippen molar-refractivity contribution in [2.45, 2.75) is 0 Å². The molecule has 0 unspecified atom stereocenters. The highest BCUT2D eigenvalue weighted by atomic mass is 35.5. The molecular formula is C8H5Cl2N3O2. The summed E-state index contributed by atoms with van der Waals surface area (Å²) in [5, 5.41) is 9.32. The summed E-state index contributed by atoms with van der Waals surface area (Å²) in [7, 11) is 0. The minimum Gasteiger partial charge on any atom is -0.317 e. The van der Waals surface area contributed by atoms with Gasteiger partial charge >= 0.3 is 0 Å². The molecule has 0 atom stereocenters. The second-order valence-electron chi connectivity index (χ2n) is 2.81. The van der Waals surface area contributed by atoms with Gasteiger partial charge in [-0.05, 0) is 12.1 Å². The average Bonchev–Trinajstić information content (AvgIpc) is 2.16. The lowest BCUT2D eigenvalue weighted by molar-refractivity contribution is 0.385. The highest BCUT2D eigenvalue weighted by molar-refractivity contribution is 6.38. The third-order valence-electron chi connectivity index (χ3n) is 1.82. The van der Waals surface area contributed by atoms with Crippen molar-refractivity contribution in [1.29, 1.82) is 0 Å². The zero-order chi connectivity index (χ0) is 11.0. The number of hydrogen-bond donors (Lipinski definition) is 3. The van der Waals surface area contributed by atoms with E-state index in [1.807, 2.05) is 0 Å². The number of aromatic amines is 1. The molecule has 0 aliphatic carbocycles. The highest BCUT2D eigenvalue weighted by Crippen LogP contribution is 2.24. The summed E-state index contributed by atoms with van der Waals surface area (Å²) in [6.45, 7) is 0. The molecule has 7 heteroatoms. The zero-order valence-electron chi connectivity index (χ0n) is 7.21. The quantitative estimate of drug-likeness (QED) is 0.672. The number of fused-ring (bicyclic) bond motifs is 1. The minimum atomic E-state index is -0.552. The van der Waals surface area contributed by atoms with E-state index >= 15 is 0 Å². The molecule has 0 bridgehead atoms. The zero-order valence-corrected chi connectivity index (χ0v) is 8.73. The van der Waals surface area contributed by atoms with Gasteiger partial charge in [0.05, 0.1) is 10.5 Å². The van der Waals surface area contributed by atoms with E-state index in [-0.39, 0.29) is 5.82 Å². The topological polar surface area (TPSA) is 78.0 Å². The first-order chi connectivity index (χ1) is 7.11. The minimum absolute atomic E-state index is 0.216. The van der Waals surface area contributed by atoms with Gasteiger partial charge in [-0.15, -0.1) is 0 Å². The summed E-state index contributed by atoms with van der Waals surface area (Å²) >= 11 is 11.6. The van der Waals surface area contributed by atoms with Crippen LogP contribution in [0.25, 0.3) is 11.0 Å². The molecule has 2 aromatic rings. The van der Waals surface area contributed by atoms with Crippen molar-refractivity contribution in [1.82, 2.24) is 9.97 Å². The molecule has 1 aromatic heterocycles. The lowest BCUT2D eigenvalue weighted by Crippen LogP contribution is -2.14. The standard InChI is InChI=1S/C8H5Cl2N3O2/c9-3-1-4(10)6-5(2-3)11-8(14)7(12-6)13-15/h1-2,15H,(H,11,14)(H,12,13). The van der Waals surface area contributed by atoms with Gasteiger partial charge in [0, 0.05) is 5.02 Å². The number of nitrogens with zero attached hydrogens (tertiary/aromatic N) is 1. The third kappa shape index (κ3) is 1.77. The van der Waals surface area contributed by atoms with Crippen molar-refractivity contribution >= 4 is 40.1 Å². The summed E-state index contributed by atoms with van der Waals surface area (Å²) in [5.41, 5.74) is 1.90. The van der Waals surface area contributed by atoms with E-state index in [1.165, 1.54) is 12.1 Å². The first-order valence-corrected chi connectivity index (χ1v) is 4.66. The molecule has 0 saturated heterocycles. The van der Waals surface area contributed by atoms with Crippen molar-refractivity contribution < 1.29 is 5.21 Å². The Bertz CT molecular complexity index is 582. The van der Waals surface area contributed by atoms with Crippen LogP contribution in [-0.2, 0) is 0 Å². The predicted octanol–water partition coefficient (Wildman–Crippen LogP) is 2.03. The summed E-state index contributed by atoms with van der Waals surface area (Å²) in [6.07, 6.45) is 0. The molecule has 78 valence electrons. The van der Waals surface area contributed by atoms with Crippen molar-refractivity contribution in [3.63, 3.8) is 0 Å². The Morgan fingerprint density at radius 1 is 1.40 bits per heavy atom. The number of halogens is 2. The second kappa shape index (κ2) is 3.69. The summed E-state index contributed by atoms with van der Waals surface area (Å²) in [5.74, 6) is -0.216. The fraction of sp³-hybridized carbons (Fsp3) is 0. The van der Waals surface area contributed by atoms with Crippen molar-refractivity contribution in [2.24, 2.45) is 0 Å². The Hall–Kier alpha value is -1.30. The number of rotatable bonds is 1. The molecule has 0 aliphatic rings. The van der Waals surface area contributed by atoms with E-state index in [9.17, 15) is 4.79 Å². The molecule has 15 heavy (non-hydrogen) atoms. The Morgan fingerprint density at radius 3 is 2.80 bits per heavy atom. The van der Waals surface area contributed by atoms with Gasteiger partial charge in [-0.3, -0.25) is 10.0 Å². The average molecular weight is 246 g/mol. The summed E-state index contributed by atoms with van der Waals surface area (Å²) < 4.78 is 0. The third-order valence-corrected chi connectivity index (χ3v) is 2.33. The monoisotopic (exact) mass is 245 g/mol. The Labute approximate surface area is 93.6 Å². The lowest BCUT2D eigenvalue weighted by Gasteiger charge is -2.02. The van der Waals surface area contributed by atoms with E-state index < -0.39 is 5.56 Å². The fourth-order valence-corrected chi connectivity index (χ4v) is 1.73. The smallest absolute Gasteiger partial charge is 0.293 e. The molecule has 3 N–H and O–H groups in total. The predicted molar refractivity (Wildman–Crippen MR) is 57.8 cm³/mol. The number of H-pyrrole nitrogens is 1. The SMILES string of the molecule is O=c1[nH]c2cc(Cl)cc(Cl)c2nc1NO. The molecule has 2 rings (SSSR count). The molecule has 1 heterocycles. The van der Waals surface area contributed by atoms with Gasteiger partial charge in [0.2, 0.25) is 5.82 Å². The van der Waals surface area contributed by atoms with Crippen LogP contribution in [-0.4, -0.2) is 15.2 Å². The van der Waals surface area contributed by atoms with Crippen LogP contribution in [0.15, 0.2) is 16.9 Å². The maximum absolute atomic E-state index is 11.3. The molecule has 0 radical (unpaired) electrons. The number of anilines is 1. The molecule has 0 spiro atoms. The number of nitrogens with one attached hydrogen (secondary N) is 2. The first kappa shape index (κ1) is 10.2. The molecule has 0 fully saturated rings. The first-order valence-electron chi connectivity index (χ1n) is 3.91. The van der Waals surface area contributed by atoms with Gasteiger partial charge < -0.3 is 4.98 Å². The number of hydrogen-bond acceptors (Lipinski definition) is 4. The van der Waals surface area contributed by atoms with Crippen molar-refractivity contribution in [2.75, 3.05) is 5.48 Å². The van der Waals surface area contributed by atoms with Crippen LogP contribution in [0, 0.1) is 0 Å². The normalized spacial score (nSPS) is 10.6. The van der Waals surface area contributed by atoms with Gasteiger partial charge in [-0.2, -0.15) is 0 Å². The molecule has 0 amide bonds. The van der Waals surface area contributed by atoms with Crippen molar-refractivity contribution in [3.05, 3.63) is 32.5 Å². The van der Waals surface area contributed by atoms with E-state index in [0.29, 0.717) is 21.1 Å². The Morgan fingerprint density at radius 2 is 2.13 bits per heavy atom. The number of aromatic nitrogens is 2. The van der Waals surface area contributed by atoms with Gasteiger partial charge in [0.15, 0.2) is 0 Å². The van der Waals surface area contributed by atoms with Crippen LogP contribution in [0.1, 0.15) is 0 Å². The van der Waals surface area contributed by atoms with E-state index in [4.69, 9.17) is 28.4 Å². The van der Waals surface area contributed by atoms with Crippen molar-refractivity contribution in [3.8, 4) is 0 Å². The molecule has 0 aliphatic heterocycles. The second-order valence-corrected chi connectivity index (χ2v) is 3.65. The highest BCUT2D eigenvalue weighted by Gasteiger charge is 2.07. The Balaban J connectivity index is 2.87. The van der Waals surface area contributed by atoms with Crippen LogP contribution < -0.4 is 11.0 Å². The van der Waals surface area contributed by atoms with E-state index in [0.717, 1.165) is 0 Å². The van der Waals surface area contributed by atoms with Crippen LogP contribution in [0.5, 0.6) is 0 Å². The molecule has 0 saturated carbocycles. The largest absolute Gasteiger partial charge is 0.317 e. The fourth-order valence-electron chi connectivity index (χ4n) is 1.19. The van der Waals surface area contributed by atoms with Gasteiger partial charge in [0.1, 0.15) is 5.52 Å². The van der Waals surface area contributed by atoms with Gasteiger partial charge in [0.25, 0.3) is 5.56 Å². The number of benzene rings is 1.